The molecular weight excluding hydrogens is 364 g/mol. The Hall–Kier alpha value is -2.48. The third-order valence-corrected chi connectivity index (χ3v) is 4.32. The van der Waals surface area contributed by atoms with Crippen LogP contribution in [0.2, 0.25) is 0 Å². The van der Waals surface area contributed by atoms with Crippen LogP contribution in [0.4, 0.5) is 8.78 Å². The van der Waals surface area contributed by atoms with Crippen molar-refractivity contribution in [3.05, 3.63) is 65.2 Å². The lowest BCUT2D eigenvalue weighted by atomic mass is 10.1. The number of carbonyl (C=O) groups is 1. The second kappa shape index (κ2) is 8.75. The van der Waals surface area contributed by atoms with E-state index in [-0.39, 0.29) is 17.4 Å². The van der Waals surface area contributed by atoms with Crippen LogP contribution in [0.15, 0.2) is 48.5 Å². The summed E-state index contributed by atoms with van der Waals surface area (Å²) in [7, 11) is -3.17. The summed E-state index contributed by atoms with van der Waals surface area (Å²) in [5, 5.41) is 2.74. The van der Waals surface area contributed by atoms with E-state index in [1.54, 1.807) is 36.4 Å². The zero-order valence-electron chi connectivity index (χ0n) is 14.1. The summed E-state index contributed by atoms with van der Waals surface area (Å²) in [6.45, 7) is -2.51. The summed E-state index contributed by atoms with van der Waals surface area (Å²) in [5.41, 5.74) is 1.79. The molecule has 140 valence electrons. The predicted molar refractivity (Wildman–Crippen MR) is 94.1 cm³/mol. The molecule has 0 unspecified atom stereocenters. The fourth-order valence-electron chi connectivity index (χ4n) is 2.37. The van der Waals surface area contributed by atoms with Gasteiger partial charge in [-0.1, -0.05) is 24.3 Å². The molecule has 0 aromatic heterocycles. The van der Waals surface area contributed by atoms with Crippen molar-refractivity contribution in [3.8, 4) is 5.75 Å². The van der Waals surface area contributed by atoms with Gasteiger partial charge in [-0.2, -0.15) is 8.78 Å². The van der Waals surface area contributed by atoms with Crippen molar-refractivity contribution in [1.29, 1.82) is 0 Å². The number of amides is 1. The van der Waals surface area contributed by atoms with Crippen LogP contribution in [-0.2, 0) is 22.0 Å². The summed E-state index contributed by atoms with van der Waals surface area (Å²) in [5.74, 6) is -0.352. The van der Waals surface area contributed by atoms with Crippen LogP contribution in [0.5, 0.6) is 5.75 Å². The lowest BCUT2D eigenvalue weighted by Crippen LogP contribution is -2.25. The summed E-state index contributed by atoms with van der Waals surface area (Å²) < 4.78 is 51.1. The van der Waals surface area contributed by atoms with Crippen molar-refractivity contribution in [2.75, 3.05) is 12.8 Å². The molecule has 0 aliphatic heterocycles. The predicted octanol–water partition coefficient (Wildman–Crippen LogP) is 2.81. The quantitative estimate of drug-likeness (QED) is 0.761. The number of ether oxygens (including phenoxy) is 1. The molecule has 26 heavy (non-hydrogen) atoms. The van der Waals surface area contributed by atoms with E-state index in [9.17, 15) is 22.0 Å². The summed E-state index contributed by atoms with van der Waals surface area (Å²) in [4.78, 5) is 12.2. The molecule has 8 heteroatoms. The van der Waals surface area contributed by atoms with Crippen LogP contribution in [-0.4, -0.2) is 33.7 Å². The van der Waals surface area contributed by atoms with E-state index in [1.807, 2.05) is 0 Å². The molecule has 0 heterocycles. The number of rotatable bonds is 8. The van der Waals surface area contributed by atoms with E-state index in [0.717, 1.165) is 11.8 Å². The minimum absolute atomic E-state index is 0.0791. The number of alkyl halides is 2. The Balaban J connectivity index is 1.88. The van der Waals surface area contributed by atoms with Crippen LogP contribution < -0.4 is 10.1 Å². The van der Waals surface area contributed by atoms with Gasteiger partial charge in [-0.3, -0.25) is 4.79 Å². The van der Waals surface area contributed by atoms with E-state index in [1.165, 1.54) is 12.1 Å². The number of halogens is 2. The Bertz CT molecular complexity index is 852. The average Bonchev–Trinajstić information content (AvgIpc) is 2.54. The molecule has 0 aliphatic carbocycles. The van der Waals surface area contributed by atoms with Crippen LogP contribution in [0, 0.1) is 0 Å². The van der Waals surface area contributed by atoms with Crippen LogP contribution in [0.25, 0.3) is 0 Å². The second-order valence-corrected chi connectivity index (χ2v) is 7.94. The molecule has 0 saturated heterocycles. The fourth-order valence-corrected chi connectivity index (χ4v) is 3.15. The standard InChI is InChI=1S/C18H19F2NO4S/c1-26(23,24)12-14-3-2-4-15(11-14)17(22)21-10-9-13-5-7-16(8-6-13)25-18(19)20/h2-8,11,18H,9-10,12H2,1H3,(H,21,22). The molecule has 2 aromatic rings. The molecule has 0 fully saturated rings. The maximum atomic E-state index is 12.2. The van der Waals surface area contributed by atoms with Gasteiger partial charge in [0.15, 0.2) is 9.84 Å². The Labute approximate surface area is 150 Å². The molecule has 2 aromatic carbocycles. The largest absolute Gasteiger partial charge is 0.435 e. The van der Waals surface area contributed by atoms with Crippen LogP contribution >= 0.6 is 0 Å². The summed E-state index contributed by atoms with van der Waals surface area (Å²) in [6.07, 6.45) is 1.65. The van der Waals surface area contributed by atoms with Gasteiger partial charge in [0, 0.05) is 18.4 Å². The highest BCUT2D eigenvalue weighted by molar-refractivity contribution is 7.89. The summed E-state index contributed by atoms with van der Waals surface area (Å²) >= 11 is 0. The number of hydrogen-bond acceptors (Lipinski definition) is 4. The first-order valence-electron chi connectivity index (χ1n) is 7.81. The van der Waals surface area contributed by atoms with Gasteiger partial charge in [0.25, 0.3) is 5.91 Å². The van der Waals surface area contributed by atoms with Crippen molar-refractivity contribution in [1.82, 2.24) is 5.32 Å². The topological polar surface area (TPSA) is 72.5 Å². The molecular formula is C18H19F2NO4S. The summed E-state index contributed by atoms with van der Waals surface area (Å²) in [6, 6.07) is 12.6. The molecule has 0 aliphatic rings. The number of hydrogen-bond donors (Lipinski definition) is 1. The van der Waals surface area contributed by atoms with E-state index in [0.29, 0.717) is 24.1 Å². The van der Waals surface area contributed by atoms with Crippen molar-refractivity contribution in [3.63, 3.8) is 0 Å². The van der Waals surface area contributed by atoms with Crippen molar-refractivity contribution in [2.45, 2.75) is 18.8 Å². The SMILES string of the molecule is CS(=O)(=O)Cc1cccc(C(=O)NCCc2ccc(OC(F)F)cc2)c1. The van der Waals surface area contributed by atoms with Gasteiger partial charge in [0.05, 0.1) is 5.75 Å². The van der Waals surface area contributed by atoms with Gasteiger partial charge >= 0.3 is 6.61 Å². The zero-order valence-corrected chi connectivity index (χ0v) is 14.9. The minimum atomic E-state index is -3.17. The van der Waals surface area contributed by atoms with Gasteiger partial charge in [-0.25, -0.2) is 8.42 Å². The van der Waals surface area contributed by atoms with Gasteiger partial charge in [0.1, 0.15) is 5.75 Å². The molecule has 0 saturated carbocycles. The number of sulfone groups is 1. The third kappa shape index (κ3) is 6.79. The molecule has 1 amide bonds. The maximum Gasteiger partial charge on any atom is 0.387 e. The van der Waals surface area contributed by atoms with Gasteiger partial charge in [-0.05, 0) is 41.8 Å². The fraction of sp³-hybridized carbons (Fsp3) is 0.278. The van der Waals surface area contributed by atoms with E-state index < -0.39 is 16.4 Å². The van der Waals surface area contributed by atoms with E-state index in [4.69, 9.17) is 0 Å². The first-order valence-corrected chi connectivity index (χ1v) is 9.87. The van der Waals surface area contributed by atoms with E-state index in [2.05, 4.69) is 10.1 Å². The maximum absolute atomic E-state index is 12.2. The molecule has 0 bridgehead atoms. The Kier molecular flexibility index (Phi) is 6.68. The van der Waals surface area contributed by atoms with Crippen LogP contribution in [0.1, 0.15) is 21.5 Å². The minimum Gasteiger partial charge on any atom is -0.435 e. The number of benzene rings is 2. The molecule has 1 N–H and O–H groups in total. The number of carbonyl (C=O) groups excluding carboxylic acids is 1. The van der Waals surface area contributed by atoms with Crippen molar-refractivity contribution in [2.24, 2.45) is 0 Å². The first-order chi connectivity index (χ1) is 12.2. The lowest BCUT2D eigenvalue weighted by molar-refractivity contribution is -0.0498. The first kappa shape index (κ1) is 19.8. The van der Waals surface area contributed by atoms with Crippen LogP contribution in [0.3, 0.4) is 0 Å². The van der Waals surface area contributed by atoms with Crippen molar-refractivity contribution >= 4 is 15.7 Å². The molecule has 0 radical (unpaired) electrons. The van der Waals surface area contributed by atoms with E-state index >= 15 is 0 Å². The average molecular weight is 383 g/mol. The highest BCUT2D eigenvalue weighted by atomic mass is 32.2. The van der Waals surface area contributed by atoms with Gasteiger partial charge in [-0.15, -0.1) is 0 Å². The molecule has 5 nitrogen and oxygen atoms in total. The van der Waals surface area contributed by atoms with Gasteiger partial charge < -0.3 is 10.1 Å². The normalized spacial score (nSPS) is 11.4. The highest BCUT2D eigenvalue weighted by Crippen LogP contribution is 2.15. The Morgan fingerprint density at radius 2 is 1.81 bits per heavy atom. The molecule has 2 rings (SSSR count). The van der Waals surface area contributed by atoms with Crippen molar-refractivity contribution < 1.29 is 26.7 Å². The molecule has 0 atom stereocenters. The monoisotopic (exact) mass is 383 g/mol. The number of nitrogens with one attached hydrogen (secondary N) is 1. The van der Waals surface area contributed by atoms with Gasteiger partial charge in [0.2, 0.25) is 0 Å². The smallest absolute Gasteiger partial charge is 0.387 e. The second-order valence-electron chi connectivity index (χ2n) is 5.80. The Morgan fingerprint density at radius 3 is 2.42 bits per heavy atom. The molecule has 0 spiro atoms. The lowest BCUT2D eigenvalue weighted by Gasteiger charge is -2.08. The highest BCUT2D eigenvalue weighted by Gasteiger charge is 2.09. The Morgan fingerprint density at radius 1 is 1.12 bits per heavy atom. The zero-order chi connectivity index (χ0) is 19.2. The third-order valence-electron chi connectivity index (χ3n) is 3.47.